The van der Waals surface area contributed by atoms with E-state index in [1.54, 1.807) is 19.1 Å². The van der Waals surface area contributed by atoms with Gasteiger partial charge in [-0.3, -0.25) is 4.79 Å². The van der Waals surface area contributed by atoms with Gasteiger partial charge in [0.25, 0.3) is 0 Å². The van der Waals surface area contributed by atoms with E-state index >= 15 is 0 Å². The van der Waals surface area contributed by atoms with E-state index in [0.29, 0.717) is 17.2 Å². The number of benzene rings is 1. The van der Waals surface area contributed by atoms with Crippen molar-refractivity contribution in [1.29, 1.82) is 0 Å². The van der Waals surface area contributed by atoms with Crippen LogP contribution >= 0.6 is 12.2 Å². The molecule has 1 fully saturated rings. The molecule has 0 radical (unpaired) electrons. The minimum atomic E-state index is 0.0507. The molecule has 1 aliphatic heterocycles. The summed E-state index contributed by atoms with van der Waals surface area (Å²) >= 11 is 5.34. The molecule has 1 aromatic heterocycles. The number of pyridine rings is 1. The smallest absolute Gasteiger partial charge is 0.171 e. The summed E-state index contributed by atoms with van der Waals surface area (Å²) in [5, 5.41) is 6.84. The van der Waals surface area contributed by atoms with Crippen LogP contribution in [0.5, 0.6) is 0 Å². The van der Waals surface area contributed by atoms with E-state index in [0.717, 1.165) is 43.2 Å². The van der Waals surface area contributed by atoms with E-state index in [1.165, 1.54) is 0 Å². The van der Waals surface area contributed by atoms with E-state index < -0.39 is 0 Å². The topological polar surface area (TPSA) is 60.5 Å². The van der Waals surface area contributed by atoms with Crippen LogP contribution in [0.1, 0.15) is 22.8 Å². The fourth-order valence-corrected chi connectivity index (χ4v) is 3.08. The van der Waals surface area contributed by atoms with Crippen LogP contribution in [-0.4, -0.2) is 54.0 Å². The molecule has 0 amide bonds. The summed E-state index contributed by atoms with van der Waals surface area (Å²) in [6.07, 6.45) is 1.89. The molecule has 2 aromatic rings. The lowest BCUT2D eigenvalue weighted by Gasteiger charge is -2.33. The second kappa shape index (κ2) is 8.92. The van der Waals surface area contributed by atoms with Crippen molar-refractivity contribution in [3.8, 4) is 0 Å². The minimum absolute atomic E-state index is 0.0507. The number of hydrogen-bond acceptors (Lipinski definition) is 5. The number of piperazine rings is 1. The normalized spacial score (nSPS) is 14.7. The van der Waals surface area contributed by atoms with Gasteiger partial charge in [0, 0.05) is 50.2 Å². The first-order valence-electron chi connectivity index (χ1n) is 9.05. The fourth-order valence-electron chi connectivity index (χ4n) is 2.89. The number of hydrogen-bond donors (Lipinski definition) is 2. The lowest BCUT2D eigenvalue weighted by atomic mass is 10.1. The first kappa shape index (κ1) is 19.3. The molecule has 0 saturated carbocycles. The average molecular weight is 384 g/mol. The fraction of sp³-hybridized carbons (Fsp3) is 0.350. The van der Waals surface area contributed by atoms with Crippen molar-refractivity contribution >= 4 is 34.6 Å². The maximum absolute atomic E-state index is 11.3. The molecular weight excluding hydrogens is 358 g/mol. The second-order valence-corrected chi connectivity index (χ2v) is 7.16. The Kier molecular flexibility index (Phi) is 6.36. The number of nitrogens with one attached hydrogen (secondary N) is 2. The van der Waals surface area contributed by atoms with Crippen LogP contribution in [0.15, 0.2) is 42.6 Å². The number of carbonyl (C=O) groups is 1. The van der Waals surface area contributed by atoms with E-state index in [4.69, 9.17) is 12.2 Å². The molecular formula is C20H25N5OS. The van der Waals surface area contributed by atoms with Gasteiger partial charge < -0.3 is 20.4 Å². The van der Waals surface area contributed by atoms with Gasteiger partial charge in [-0.2, -0.15) is 0 Å². The van der Waals surface area contributed by atoms with Gasteiger partial charge in [-0.05, 0) is 62.1 Å². The molecule has 3 rings (SSSR count). The molecule has 0 spiro atoms. The molecule has 0 unspecified atom stereocenters. The van der Waals surface area contributed by atoms with Crippen LogP contribution in [0.2, 0.25) is 0 Å². The van der Waals surface area contributed by atoms with Gasteiger partial charge in [-0.15, -0.1) is 0 Å². The molecule has 27 heavy (non-hydrogen) atoms. The molecule has 0 aliphatic carbocycles. The number of thiocarbonyl (C=S) groups is 1. The molecule has 0 atom stereocenters. The third-order valence-corrected chi connectivity index (χ3v) is 4.89. The number of carbonyl (C=O) groups excluding carboxylic acids is 1. The van der Waals surface area contributed by atoms with Crippen LogP contribution < -0.4 is 15.5 Å². The summed E-state index contributed by atoms with van der Waals surface area (Å²) in [5.41, 5.74) is 2.61. The number of likely N-dealkylation sites (N-methyl/N-ethyl adjacent to an activating group) is 1. The predicted octanol–water partition coefficient (Wildman–Crippen LogP) is 2.52. The van der Waals surface area contributed by atoms with Crippen molar-refractivity contribution in [1.82, 2.24) is 15.2 Å². The average Bonchev–Trinajstić information content (AvgIpc) is 2.68. The van der Waals surface area contributed by atoms with E-state index in [2.05, 4.69) is 44.6 Å². The highest BCUT2D eigenvalue weighted by Gasteiger charge is 2.14. The Hall–Kier alpha value is -2.51. The summed E-state index contributed by atoms with van der Waals surface area (Å²) in [6, 6.07) is 11.4. The third kappa shape index (κ3) is 5.48. The zero-order valence-corrected chi connectivity index (χ0v) is 16.6. The largest absolute Gasteiger partial charge is 0.358 e. The van der Waals surface area contributed by atoms with Crippen LogP contribution in [-0.2, 0) is 6.54 Å². The number of aromatic nitrogens is 1. The molecule has 7 heteroatoms. The maximum atomic E-state index is 11.3. The van der Waals surface area contributed by atoms with Crippen molar-refractivity contribution in [3.63, 3.8) is 0 Å². The molecule has 1 saturated heterocycles. The Morgan fingerprint density at radius 1 is 1.11 bits per heavy atom. The number of Topliss-reactive ketones (excluding diaryl/α,β-unsaturated/α-hetero) is 1. The first-order chi connectivity index (χ1) is 13.0. The summed E-state index contributed by atoms with van der Waals surface area (Å²) in [6.45, 7) is 6.32. The van der Waals surface area contributed by atoms with Crippen molar-refractivity contribution < 1.29 is 4.79 Å². The maximum Gasteiger partial charge on any atom is 0.171 e. The standard InChI is InChI=1S/C20H25N5OS/c1-15(26)17-4-6-18(7-5-17)23-20(27)22-14-16-3-8-19(21-13-16)25-11-9-24(2)10-12-25/h3-8,13H,9-12,14H2,1-2H3,(H2,22,23,27). The Morgan fingerprint density at radius 2 is 1.81 bits per heavy atom. The Labute approximate surface area is 165 Å². The zero-order valence-electron chi connectivity index (χ0n) is 15.7. The van der Waals surface area contributed by atoms with Gasteiger partial charge in [0.15, 0.2) is 10.9 Å². The Bertz CT molecular complexity index is 783. The highest BCUT2D eigenvalue weighted by atomic mass is 32.1. The monoisotopic (exact) mass is 383 g/mol. The van der Waals surface area contributed by atoms with Crippen molar-refractivity contribution in [2.75, 3.05) is 43.4 Å². The lowest BCUT2D eigenvalue weighted by Crippen LogP contribution is -2.44. The van der Waals surface area contributed by atoms with E-state index in [1.807, 2.05) is 18.3 Å². The molecule has 2 heterocycles. The number of rotatable bonds is 5. The summed E-state index contributed by atoms with van der Waals surface area (Å²) in [4.78, 5) is 20.5. The SMILES string of the molecule is CC(=O)c1ccc(NC(=S)NCc2ccc(N3CCN(C)CC3)nc2)cc1. The van der Waals surface area contributed by atoms with Gasteiger partial charge >= 0.3 is 0 Å². The van der Waals surface area contributed by atoms with Gasteiger partial charge in [0.2, 0.25) is 0 Å². The third-order valence-electron chi connectivity index (χ3n) is 4.64. The van der Waals surface area contributed by atoms with E-state index in [-0.39, 0.29) is 5.78 Å². The molecule has 2 N–H and O–H groups in total. The molecule has 6 nitrogen and oxygen atoms in total. The second-order valence-electron chi connectivity index (χ2n) is 6.76. The van der Waals surface area contributed by atoms with Gasteiger partial charge in [-0.1, -0.05) is 6.07 Å². The predicted molar refractivity (Wildman–Crippen MR) is 113 cm³/mol. The summed E-state index contributed by atoms with van der Waals surface area (Å²) < 4.78 is 0. The van der Waals surface area contributed by atoms with Crippen molar-refractivity contribution in [2.45, 2.75) is 13.5 Å². The van der Waals surface area contributed by atoms with E-state index in [9.17, 15) is 4.79 Å². The van der Waals surface area contributed by atoms with Gasteiger partial charge in [0.1, 0.15) is 5.82 Å². The van der Waals surface area contributed by atoms with Gasteiger partial charge in [0.05, 0.1) is 0 Å². The first-order valence-corrected chi connectivity index (χ1v) is 9.46. The zero-order chi connectivity index (χ0) is 19.2. The lowest BCUT2D eigenvalue weighted by molar-refractivity contribution is 0.101. The number of anilines is 2. The number of nitrogens with zero attached hydrogens (tertiary/aromatic N) is 3. The van der Waals surface area contributed by atoms with Crippen molar-refractivity contribution in [2.24, 2.45) is 0 Å². The summed E-state index contributed by atoms with van der Waals surface area (Å²) in [7, 11) is 2.15. The van der Waals surface area contributed by atoms with Crippen LogP contribution in [0, 0.1) is 0 Å². The van der Waals surface area contributed by atoms with Gasteiger partial charge in [-0.25, -0.2) is 4.98 Å². The molecule has 142 valence electrons. The molecule has 1 aliphatic rings. The van der Waals surface area contributed by atoms with Crippen LogP contribution in [0.3, 0.4) is 0 Å². The van der Waals surface area contributed by atoms with Crippen molar-refractivity contribution in [3.05, 3.63) is 53.7 Å². The van der Waals surface area contributed by atoms with Crippen LogP contribution in [0.4, 0.5) is 11.5 Å². The van der Waals surface area contributed by atoms with Crippen LogP contribution in [0.25, 0.3) is 0 Å². The molecule has 1 aromatic carbocycles. The Morgan fingerprint density at radius 3 is 2.41 bits per heavy atom. The minimum Gasteiger partial charge on any atom is -0.358 e. The highest BCUT2D eigenvalue weighted by molar-refractivity contribution is 7.80. The highest BCUT2D eigenvalue weighted by Crippen LogP contribution is 2.14. The quantitative estimate of drug-likeness (QED) is 0.608. The number of ketones is 1. The summed E-state index contributed by atoms with van der Waals surface area (Å²) in [5.74, 6) is 1.08. The Balaban J connectivity index is 1.47. The molecule has 0 bridgehead atoms.